The van der Waals surface area contributed by atoms with Crippen molar-refractivity contribution in [2.24, 2.45) is 0 Å². The van der Waals surface area contributed by atoms with Gasteiger partial charge in [0.1, 0.15) is 0 Å². The molecule has 0 saturated carbocycles. The minimum Gasteiger partial charge on any atom is -0.382 e. The van der Waals surface area contributed by atoms with E-state index in [0.717, 1.165) is 0 Å². The number of aliphatic hydroxyl groups is 1. The minimum absolute atomic E-state index is 0.289. The highest BCUT2D eigenvalue weighted by Crippen LogP contribution is 2.19. The first-order valence-electron chi connectivity index (χ1n) is 5.60. The maximum atomic E-state index is 11.9. The normalized spacial score (nSPS) is 14.3. The molecule has 0 aromatic carbocycles. The van der Waals surface area contributed by atoms with E-state index in [1.54, 1.807) is 0 Å². The number of aliphatic hydroxyl groups excluding tert-OH is 1. The van der Waals surface area contributed by atoms with E-state index in [9.17, 15) is 13.2 Å². The van der Waals surface area contributed by atoms with E-state index >= 15 is 0 Å². The summed E-state index contributed by atoms with van der Waals surface area (Å²) < 4.78 is 46.2. The van der Waals surface area contributed by atoms with Crippen LogP contribution in [0.1, 0.15) is 20.3 Å². The molecule has 0 amide bonds. The Bertz CT molecular complexity index is 184. The van der Waals surface area contributed by atoms with Gasteiger partial charge in [0.05, 0.1) is 0 Å². The molecular formula is C10H20F3NO3. The number of ether oxygens (including phenoxy) is 2. The lowest BCUT2D eigenvalue weighted by molar-refractivity contribution is -0.202. The molecule has 0 aromatic heterocycles. The SMILES string of the molecule is CCOC(CCNC[C@H](O)C(F)(F)F)OCC. The van der Waals surface area contributed by atoms with Gasteiger partial charge in [0.2, 0.25) is 0 Å². The van der Waals surface area contributed by atoms with Crippen LogP contribution in [0.15, 0.2) is 0 Å². The number of alkyl halides is 3. The quantitative estimate of drug-likeness (QED) is 0.484. The van der Waals surface area contributed by atoms with Gasteiger partial charge in [-0.25, -0.2) is 0 Å². The van der Waals surface area contributed by atoms with Gasteiger partial charge in [-0.1, -0.05) is 0 Å². The largest absolute Gasteiger partial charge is 0.415 e. The van der Waals surface area contributed by atoms with Crippen molar-refractivity contribution in [3.8, 4) is 0 Å². The second kappa shape index (κ2) is 8.68. The van der Waals surface area contributed by atoms with Crippen molar-refractivity contribution in [2.75, 3.05) is 26.3 Å². The third kappa shape index (κ3) is 8.37. The molecule has 2 N–H and O–H groups in total. The average molecular weight is 259 g/mol. The Morgan fingerprint density at radius 1 is 1.18 bits per heavy atom. The third-order valence-electron chi connectivity index (χ3n) is 1.98. The Balaban J connectivity index is 3.67. The van der Waals surface area contributed by atoms with Crippen LogP contribution in [0.25, 0.3) is 0 Å². The topological polar surface area (TPSA) is 50.7 Å². The second-order valence-corrected chi connectivity index (χ2v) is 3.39. The van der Waals surface area contributed by atoms with Gasteiger partial charge in [0.25, 0.3) is 0 Å². The Hall–Kier alpha value is -0.370. The van der Waals surface area contributed by atoms with Crippen LogP contribution in [0.4, 0.5) is 13.2 Å². The number of halogens is 3. The van der Waals surface area contributed by atoms with Gasteiger partial charge in [-0.3, -0.25) is 0 Å². The van der Waals surface area contributed by atoms with E-state index in [4.69, 9.17) is 14.6 Å². The van der Waals surface area contributed by atoms with Crippen molar-refractivity contribution in [3.63, 3.8) is 0 Å². The van der Waals surface area contributed by atoms with E-state index < -0.39 is 25.1 Å². The Morgan fingerprint density at radius 2 is 1.71 bits per heavy atom. The van der Waals surface area contributed by atoms with Crippen LogP contribution < -0.4 is 5.32 Å². The molecule has 4 nitrogen and oxygen atoms in total. The molecule has 0 aliphatic heterocycles. The molecule has 0 spiro atoms. The Morgan fingerprint density at radius 3 is 2.12 bits per heavy atom. The molecule has 0 saturated heterocycles. The van der Waals surface area contributed by atoms with Crippen molar-refractivity contribution in [3.05, 3.63) is 0 Å². The van der Waals surface area contributed by atoms with Crippen molar-refractivity contribution < 1.29 is 27.8 Å². The van der Waals surface area contributed by atoms with Gasteiger partial charge < -0.3 is 19.9 Å². The Kier molecular flexibility index (Phi) is 8.49. The predicted molar refractivity (Wildman–Crippen MR) is 56.6 cm³/mol. The monoisotopic (exact) mass is 259 g/mol. The molecule has 0 bridgehead atoms. The zero-order valence-corrected chi connectivity index (χ0v) is 10.1. The molecular weight excluding hydrogens is 239 g/mol. The summed E-state index contributed by atoms with van der Waals surface area (Å²) in [5, 5.41) is 11.2. The summed E-state index contributed by atoms with van der Waals surface area (Å²) in [4.78, 5) is 0. The van der Waals surface area contributed by atoms with Crippen LogP contribution in [-0.4, -0.2) is 50.0 Å². The van der Waals surface area contributed by atoms with Crippen molar-refractivity contribution in [2.45, 2.75) is 38.8 Å². The van der Waals surface area contributed by atoms with Gasteiger partial charge in [-0.15, -0.1) is 0 Å². The number of nitrogens with one attached hydrogen (secondary N) is 1. The molecule has 17 heavy (non-hydrogen) atoms. The molecule has 0 aliphatic carbocycles. The maximum absolute atomic E-state index is 11.9. The molecule has 0 rings (SSSR count). The second-order valence-electron chi connectivity index (χ2n) is 3.39. The first kappa shape index (κ1) is 16.6. The summed E-state index contributed by atoms with van der Waals surface area (Å²) in [5.41, 5.74) is 0. The van der Waals surface area contributed by atoms with Gasteiger partial charge in [0.15, 0.2) is 12.4 Å². The van der Waals surface area contributed by atoms with Crippen LogP contribution >= 0.6 is 0 Å². The zero-order valence-electron chi connectivity index (χ0n) is 10.1. The highest BCUT2D eigenvalue weighted by molar-refractivity contribution is 4.67. The highest BCUT2D eigenvalue weighted by Gasteiger charge is 2.37. The minimum atomic E-state index is -4.58. The first-order chi connectivity index (χ1) is 7.91. The van der Waals surface area contributed by atoms with Crippen LogP contribution in [0.2, 0.25) is 0 Å². The molecule has 0 aromatic rings. The van der Waals surface area contributed by atoms with Gasteiger partial charge in [0, 0.05) is 32.7 Å². The van der Waals surface area contributed by atoms with Crippen molar-refractivity contribution >= 4 is 0 Å². The fraction of sp³-hybridized carbons (Fsp3) is 1.00. The van der Waals surface area contributed by atoms with Crippen LogP contribution in [-0.2, 0) is 9.47 Å². The van der Waals surface area contributed by atoms with Gasteiger partial charge >= 0.3 is 6.18 Å². The summed E-state index contributed by atoms with van der Waals surface area (Å²) in [6.45, 7) is 4.36. The van der Waals surface area contributed by atoms with Gasteiger partial charge in [-0.05, 0) is 13.8 Å². The summed E-state index contributed by atoms with van der Waals surface area (Å²) in [7, 11) is 0. The van der Waals surface area contributed by atoms with Crippen molar-refractivity contribution in [1.82, 2.24) is 5.32 Å². The third-order valence-corrected chi connectivity index (χ3v) is 1.98. The fourth-order valence-electron chi connectivity index (χ4n) is 1.16. The van der Waals surface area contributed by atoms with Crippen molar-refractivity contribution in [1.29, 1.82) is 0 Å². The van der Waals surface area contributed by atoms with Crippen LogP contribution in [0.5, 0.6) is 0 Å². The maximum Gasteiger partial charge on any atom is 0.415 e. The van der Waals surface area contributed by atoms with Gasteiger partial charge in [-0.2, -0.15) is 13.2 Å². The van der Waals surface area contributed by atoms with E-state index in [0.29, 0.717) is 19.6 Å². The molecule has 0 aliphatic rings. The molecule has 104 valence electrons. The lowest BCUT2D eigenvalue weighted by Crippen LogP contribution is -2.39. The number of rotatable bonds is 9. The van der Waals surface area contributed by atoms with E-state index in [-0.39, 0.29) is 6.54 Å². The molecule has 7 heteroatoms. The summed E-state index contributed by atoms with van der Waals surface area (Å²) in [6.07, 6.45) is -6.89. The Labute approximate surface area is 99.1 Å². The fourth-order valence-corrected chi connectivity index (χ4v) is 1.16. The molecule has 0 unspecified atom stereocenters. The van der Waals surface area contributed by atoms with Crippen LogP contribution in [0.3, 0.4) is 0 Å². The summed E-state index contributed by atoms with van der Waals surface area (Å²) in [5.74, 6) is 0. The number of hydrogen-bond acceptors (Lipinski definition) is 4. The first-order valence-corrected chi connectivity index (χ1v) is 5.60. The predicted octanol–water partition coefficient (Wildman–Crippen LogP) is 1.29. The lowest BCUT2D eigenvalue weighted by atomic mass is 10.3. The smallest absolute Gasteiger partial charge is 0.382 e. The van der Waals surface area contributed by atoms with E-state index in [2.05, 4.69) is 5.32 Å². The number of hydrogen-bond donors (Lipinski definition) is 2. The molecule has 0 heterocycles. The van der Waals surface area contributed by atoms with E-state index in [1.165, 1.54) is 0 Å². The highest BCUT2D eigenvalue weighted by atomic mass is 19.4. The van der Waals surface area contributed by atoms with E-state index in [1.807, 2.05) is 13.8 Å². The average Bonchev–Trinajstić information content (AvgIpc) is 2.23. The summed E-state index contributed by atoms with van der Waals surface area (Å²) >= 11 is 0. The standard InChI is InChI=1S/C10H20F3NO3/c1-3-16-9(17-4-2)5-6-14-7-8(15)10(11,12)13/h8-9,14-15H,3-7H2,1-2H3/t8-/m0/s1. The summed E-state index contributed by atoms with van der Waals surface area (Å²) in [6, 6.07) is 0. The lowest BCUT2D eigenvalue weighted by Gasteiger charge is -2.18. The molecule has 0 fully saturated rings. The zero-order chi connectivity index (χ0) is 13.3. The van der Waals surface area contributed by atoms with Crippen LogP contribution in [0, 0.1) is 0 Å². The molecule has 1 atom stereocenters. The molecule has 0 radical (unpaired) electrons.